The molecule has 43 heavy (non-hydrogen) atoms. The van der Waals surface area contributed by atoms with Crippen LogP contribution in [0.25, 0.3) is 0 Å². The minimum atomic E-state index is -3.82. The van der Waals surface area contributed by atoms with Crippen LogP contribution in [0.5, 0.6) is 0 Å². The zero-order chi connectivity index (χ0) is 30.9. The van der Waals surface area contributed by atoms with E-state index in [-0.39, 0.29) is 31.3 Å². The van der Waals surface area contributed by atoms with E-state index in [2.05, 4.69) is 10.0 Å². The Bertz CT molecular complexity index is 1470. The Morgan fingerprint density at radius 2 is 1.77 bits per heavy atom. The van der Waals surface area contributed by atoms with Crippen molar-refractivity contribution in [1.82, 2.24) is 19.8 Å². The van der Waals surface area contributed by atoms with Gasteiger partial charge in [-0.3, -0.25) is 24.1 Å². The van der Waals surface area contributed by atoms with Crippen molar-refractivity contribution in [3.05, 3.63) is 34.3 Å². The van der Waals surface area contributed by atoms with Crippen LogP contribution in [0.4, 0.5) is 9.59 Å². The molecule has 12 nitrogen and oxygen atoms in total. The first-order chi connectivity index (χ1) is 20.2. The summed E-state index contributed by atoms with van der Waals surface area (Å²) >= 11 is 6.29. The number of benzene rings is 1. The summed E-state index contributed by atoms with van der Waals surface area (Å²) in [4.78, 5) is 56.2. The van der Waals surface area contributed by atoms with Gasteiger partial charge >= 0.3 is 12.2 Å². The van der Waals surface area contributed by atoms with Crippen LogP contribution in [0.1, 0.15) is 70.4 Å². The second-order valence-electron chi connectivity index (χ2n) is 13.4. The molecule has 3 aliphatic carbocycles. The normalized spacial score (nSPS) is 28.2. The summed E-state index contributed by atoms with van der Waals surface area (Å²) in [7, 11) is -3.82. The largest absolute Gasteiger partial charge is 0.444 e. The maximum atomic E-state index is 13.8. The highest BCUT2D eigenvalue weighted by Gasteiger charge is 2.67. The van der Waals surface area contributed by atoms with E-state index in [0.29, 0.717) is 30.8 Å². The molecule has 3 saturated carbocycles. The molecule has 2 N–H and O–H groups in total. The molecule has 4 amide bonds. The van der Waals surface area contributed by atoms with Crippen molar-refractivity contribution in [3.63, 3.8) is 0 Å². The van der Waals surface area contributed by atoms with Crippen LogP contribution in [0.2, 0.25) is 5.02 Å². The quantitative estimate of drug-likeness (QED) is 0.463. The monoisotopic (exact) mass is 636 g/mol. The smallest absolute Gasteiger partial charge is 0.411 e. The number of fused-ring (bicyclic) bond motifs is 1. The highest BCUT2D eigenvalue weighted by molar-refractivity contribution is 7.91. The van der Waals surface area contributed by atoms with Crippen LogP contribution < -0.4 is 10.0 Å². The predicted molar refractivity (Wildman–Crippen MR) is 154 cm³/mol. The van der Waals surface area contributed by atoms with Gasteiger partial charge in [-0.25, -0.2) is 18.0 Å². The molecule has 2 aliphatic heterocycles. The lowest BCUT2D eigenvalue weighted by Gasteiger charge is -2.29. The standard InChI is InChI=1S/C29H37ClN4O8S/c1-28(2,3)42-27(38)34-14-18(41-26(37)33-13-17-5-4-6-22(30)20(17)15-33)11-23(34)24(35)31-29(12-21(29)16-7-8-16)25(36)32-43(39,40)19-9-10-19/h4-6,16,18-19,21,23H,7-15H2,1-3H3,(H,31,35)(H,32,36)/t18-,21+,23+,29-/m1/s1. The van der Waals surface area contributed by atoms with Crippen LogP contribution >= 0.6 is 11.6 Å². The third-order valence-corrected chi connectivity index (χ3v) is 11.0. The number of carbonyl (C=O) groups excluding carboxylic acids is 4. The van der Waals surface area contributed by atoms with E-state index >= 15 is 0 Å². The molecule has 0 spiro atoms. The van der Waals surface area contributed by atoms with Gasteiger partial charge in [0.15, 0.2) is 0 Å². The molecule has 5 aliphatic rings. The third kappa shape index (κ3) is 6.15. The molecular weight excluding hydrogens is 600 g/mol. The molecule has 1 aromatic carbocycles. The van der Waals surface area contributed by atoms with Crippen LogP contribution in [-0.2, 0) is 42.2 Å². The molecule has 0 radical (unpaired) electrons. The molecule has 14 heteroatoms. The first kappa shape index (κ1) is 30.0. The first-order valence-corrected chi connectivity index (χ1v) is 16.7. The predicted octanol–water partition coefficient (Wildman–Crippen LogP) is 3.06. The number of carbonyl (C=O) groups is 4. The van der Waals surface area contributed by atoms with Crippen molar-refractivity contribution in [3.8, 4) is 0 Å². The van der Waals surface area contributed by atoms with Gasteiger partial charge in [0.2, 0.25) is 15.9 Å². The van der Waals surface area contributed by atoms with E-state index in [1.165, 1.54) is 9.80 Å². The molecule has 0 unspecified atom stereocenters. The van der Waals surface area contributed by atoms with E-state index in [4.69, 9.17) is 21.1 Å². The second-order valence-corrected chi connectivity index (χ2v) is 15.8. The van der Waals surface area contributed by atoms with Gasteiger partial charge in [0.1, 0.15) is 23.3 Å². The number of hydrogen-bond acceptors (Lipinski definition) is 8. The lowest BCUT2D eigenvalue weighted by atomic mass is 10.1. The van der Waals surface area contributed by atoms with Crippen LogP contribution in [-0.4, -0.2) is 77.3 Å². The lowest BCUT2D eigenvalue weighted by Crippen LogP contribution is -2.57. The molecule has 2 heterocycles. The fourth-order valence-electron chi connectivity index (χ4n) is 6.18. The molecule has 0 aromatic heterocycles. The van der Waals surface area contributed by atoms with Crippen molar-refractivity contribution in [2.24, 2.45) is 11.8 Å². The van der Waals surface area contributed by atoms with Crippen molar-refractivity contribution in [2.75, 3.05) is 6.54 Å². The van der Waals surface area contributed by atoms with E-state index in [9.17, 15) is 27.6 Å². The summed E-state index contributed by atoms with van der Waals surface area (Å²) in [6, 6.07) is 4.37. The highest BCUT2D eigenvalue weighted by Crippen LogP contribution is 2.57. The molecule has 4 atom stereocenters. The van der Waals surface area contributed by atoms with E-state index in [1.54, 1.807) is 26.8 Å². The Labute approximate surface area is 255 Å². The molecular formula is C29H37ClN4O8S. The molecule has 0 bridgehead atoms. The number of likely N-dealkylation sites (tertiary alicyclic amines) is 1. The number of nitrogens with zero attached hydrogens (tertiary/aromatic N) is 2. The van der Waals surface area contributed by atoms with E-state index < -0.39 is 62.6 Å². The molecule has 234 valence electrons. The summed E-state index contributed by atoms with van der Waals surface area (Å²) in [6.07, 6.45) is 0.957. The summed E-state index contributed by atoms with van der Waals surface area (Å²) in [6.45, 7) is 5.63. The van der Waals surface area contributed by atoms with Gasteiger partial charge in [-0.1, -0.05) is 23.7 Å². The molecule has 1 saturated heterocycles. The van der Waals surface area contributed by atoms with E-state index in [0.717, 1.165) is 24.0 Å². The maximum absolute atomic E-state index is 13.8. The van der Waals surface area contributed by atoms with Gasteiger partial charge < -0.3 is 14.8 Å². The minimum absolute atomic E-state index is 0.00940. The number of ether oxygens (including phenoxy) is 2. The van der Waals surface area contributed by atoms with Crippen molar-refractivity contribution in [1.29, 1.82) is 0 Å². The van der Waals surface area contributed by atoms with Crippen LogP contribution in [0.15, 0.2) is 18.2 Å². The topological polar surface area (TPSA) is 151 Å². The van der Waals surface area contributed by atoms with Gasteiger partial charge in [0.05, 0.1) is 18.3 Å². The number of sulfonamides is 1. The summed E-state index contributed by atoms with van der Waals surface area (Å²) in [5.41, 5.74) is -0.443. The van der Waals surface area contributed by atoms with Crippen molar-refractivity contribution in [2.45, 2.75) is 101 Å². The fourth-order valence-corrected chi connectivity index (χ4v) is 7.80. The minimum Gasteiger partial charge on any atom is -0.444 e. The lowest BCUT2D eigenvalue weighted by molar-refractivity contribution is -0.132. The third-order valence-electron chi connectivity index (χ3n) is 8.80. The summed E-state index contributed by atoms with van der Waals surface area (Å²) < 4.78 is 38.6. The Morgan fingerprint density at radius 1 is 1.05 bits per heavy atom. The fraction of sp³-hybridized carbons (Fsp3) is 0.655. The molecule has 1 aromatic rings. The summed E-state index contributed by atoms with van der Waals surface area (Å²) in [5.74, 6) is -1.31. The average molecular weight is 637 g/mol. The van der Waals surface area contributed by atoms with Crippen molar-refractivity contribution >= 4 is 45.6 Å². The van der Waals surface area contributed by atoms with Crippen molar-refractivity contribution < 1.29 is 37.1 Å². The number of halogens is 1. The Morgan fingerprint density at radius 3 is 2.40 bits per heavy atom. The number of nitrogens with one attached hydrogen (secondary N) is 2. The zero-order valence-corrected chi connectivity index (χ0v) is 26.0. The zero-order valence-electron chi connectivity index (χ0n) is 24.4. The Kier molecular flexibility index (Phi) is 7.35. The maximum Gasteiger partial charge on any atom is 0.411 e. The molecule has 4 fully saturated rings. The van der Waals surface area contributed by atoms with Crippen LogP contribution in [0.3, 0.4) is 0 Å². The van der Waals surface area contributed by atoms with E-state index in [1.807, 2.05) is 12.1 Å². The Balaban J connectivity index is 1.17. The first-order valence-electron chi connectivity index (χ1n) is 14.8. The number of amides is 4. The van der Waals surface area contributed by atoms with Gasteiger partial charge in [-0.15, -0.1) is 0 Å². The van der Waals surface area contributed by atoms with Gasteiger partial charge in [0.25, 0.3) is 5.91 Å². The Hall–Kier alpha value is -3.06. The summed E-state index contributed by atoms with van der Waals surface area (Å²) in [5, 5.41) is 2.80. The van der Waals surface area contributed by atoms with Gasteiger partial charge in [0, 0.05) is 18.0 Å². The van der Waals surface area contributed by atoms with Crippen LogP contribution in [0, 0.1) is 11.8 Å². The average Bonchev–Trinajstić information content (AvgIpc) is 3.81. The van der Waals surface area contributed by atoms with Gasteiger partial charge in [-0.05, 0) is 81.9 Å². The SMILES string of the molecule is CC(C)(C)OC(=O)N1C[C@H](OC(=O)N2Cc3cccc(Cl)c3C2)C[C@H]1C(=O)N[C@]1(C(=O)NS(=O)(=O)C2CC2)C[C@H]1C1CC1. The highest BCUT2D eigenvalue weighted by atomic mass is 35.5. The molecule has 6 rings (SSSR count). The second kappa shape index (κ2) is 10.5. The van der Waals surface area contributed by atoms with Gasteiger partial charge in [-0.2, -0.15) is 0 Å². The number of hydrogen-bond donors (Lipinski definition) is 2. The number of rotatable bonds is 7.